The minimum absolute atomic E-state index is 0.206. The lowest BCUT2D eigenvalue weighted by Gasteiger charge is -2.06. The molecule has 0 aliphatic heterocycles. The van der Waals surface area contributed by atoms with Gasteiger partial charge in [0.2, 0.25) is 0 Å². The Morgan fingerprint density at radius 3 is 3.00 bits per heavy atom. The van der Waals surface area contributed by atoms with Crippen molar-refractivity contribution in [2.45, 2.75) is 0 Å². The molecule has 6 heteroatoms. The molecule has 0 radical (unpaired) electrons. The molecule has 6 nitrogen and oxygen atoms in total. The topological polar surface area (TPSA) is 106 Å². The highest BCUT2D eigenvalue weighted by atomic mass is 16.2. The number of nitrogens with two attached hydrogens (primary N) is 2. The van der Waals surface area contributed by atoms with E-state index in [1.807, 2.05) is 0 Å². The molecule has 1 aromatic rings. The number of pyridine rings is 1. The van der Waals surface area contributed by atoms with Crippen LogP contribution in [-0.4, -0.2) is 24.0 Å². The lowest BCUT2D eigenvalue weighted by atomic mass is 10.3. The molecule has 0 aliphatic rings. The minimum Gasteiger partial charge on any atom is -0.397 e. The maximum Gasteiger partial charge on any atom is 0.286 e. The van der Waals surface area contributed by atoms with E-state index in [1.165, 1.54) is 6.20 Å². The third-order valence-electron chi connectivity index (χ3n) is 1.53. The molecule has 1 heterocycles. The molecule has 0 atom stereocenters. The number of hydrogen-bond acceptors (Lipinski definition) is 5. The third kappa shape index (κ3) is 2.68. The van der Waals surface area contributed by atoms with E-state index in [0.717, 1.165) is 0 Å². The van der Waals surface area contributed by atoms with Crippen molar-refractivity contribution in [3.8, 4) is 0 Å². The molecule has 1 rings (SSSR count). The first-order chi connectivity index (χ1) is 6.75. The number of amides is 1. The van der Waals surface area contributed by atoms with E-state index in [0.29, 0.717) is 18.8 Å². The predicted molar refractivity (Wildman–Crippen MR) is 53.2 cm³/mol. The zero-order valence-corrected chi connectivity index (χ0v) is 7.66. The van der Waals surface area contributed by atoms with Gasteiger partial charge in [-0.3, -0.25) is 10.2 Å². The van der Waals surface area contributed by atoms with Crippen LogP contribution in [-0.2, 0) is 0 Å². The summed E-state index contributed by atoms with van der Waals surface area (Å²) in [6.45, 7) is 0.941. The number of nitrogens with one attached hydrogen (secondary N) is 2. The fourth-order valence-corrected chi connectivity index (χ4v) is 0.882. The Kier molecular flexibility index (Phi) is 3.84. The molecular formula is C8H13N5O. The summed E-state index contributed by atoms with van der Waals surface area (Å²) in [6.07, 6.45) is 1.51. The van der Waals surface area contributed by atoms with Gasteiger partial charge in [-0.15, -0.1) is 0 Å². The van der Waals surface area contributed by atoms with Gasteiger partial charge in [-0.05, 0) is 12.1 Å². The van der Waals surface area contributed by atoms with Crippen molar-refractivity contribution in [2.24, 2.45) is 5.73 Å². The Hall–Kier alpha value is -1.66. The lowest BCUT2D eigenvalue weighted by Crippen LogP contribution is -2.40. The van der Waals surface area contributed by atoms with Gasteiger partial charge in [0.15, 0.2) is 5.69 Å². The summed E-state index contributed by atoms with van der Waals surface area (Å²) >= 11 is 0. The first-order valence-corrected chi connectivity index (χ1v) is 4.19. The van der Waals surface area contributed by atoms with E-state index < -0.39 is 0 Å². The number of carbonyl (C=O) groups is 1. The van der Waals surface area contributed by atoms with E-state index in [9.17, 15) is 4.79 Å². The SMILES string of the molecule is NCCNNC(=O)c1ncccc1N. The summed E-state index contributed by atoms with van der Waals surface area (Å²) in [6, 6.07) is 3.28. The second-order valence-corrected chi connectivity index (χ2v) is 2.61. The van der Waals surface area contributed by atoms with Crippen LogP contribution in [0.15, 0.2) is 18.3 Å². The summed E-state index contributed by atoms with van der Waals surface area (Å²) in [5.41, 5.74) is 16.4. The van der Waals surface area contributed by atoms with Gasteiger partial charge in [0.1, 0.15) is 0 Å². The first-order valence-electron chi connectivity index (χ1n) is 4.19. The summed E-state index contributed by atoms with van der Waals surface area (Å²) in [7, 11) is 0. The quantitative estimate of drug-likeness (QED) is 0.359. The molecule has 0 spiro atoms. The maximum absolute atomic E-state index is 11.4. The molecule has 0 unspecified atom stereocenters. The standard InChI is InChI=1S/C8H13N5O/c9-3-5-12-13-8(14)7-6(10)2-1-4-11-7/h1-2,4,12H,3,5,9-10H2,(H,13,14). The molecule has 0 saturated carbocycles. The number of hydrogen-bond donors (Lipinski definition) is 4. The molecule has 1 aromatic heterocycles. The Morgan fingerprint density at radius 1 is 1.57 bits per heavy atom. The van der Waals surface area contributed by atoms with Crippen molar-refractivity contribution >= 4 is 11.6 Å². The summed E-state index contributed by atoms with van der Waals surface area (Å²) in [4.78, 5) is 15.2. The number of rotatable bonds is 4. The average molecular weight is 195 g/mol. The van der Waals surface area contributed by atoms with Crippen molar-refractivity contribution in [2.75, 3.05) is 18.8 Å². The highest BCUT2D eigenvalue weighted by Crippen LogP contribution is 2.05. The zero-order valence-electron chi connectivity index (χ0n) is 7.66. The van der Waals surface area contributed by atoms with Crippen LogP contribution in [0.1, 0.15) is 10.5 Å². The Balaban J connectivity index is 2.56. The van der Waals surface area contributed by atoms with Gasteiger partial charge in [0, 0.05) is 19.3 Å². The van der Waals surface area contributed by atoms with Crippen molar-refractivity contribution in [3.63, 3.8) is 0 Å². The Bertz CT molecular complexity index is 314. The van der Waals surface area contributed by atoms with Gasteiger partial charge >= 0.3 is 0 Å². The third-order valence-corrected chi connectivity index (χ3v) is 1.53. The Morgan fingerprint density at radius 2 is 2.36 bits per heavy atom. The highest BCUT2D eigenvalue weighted by Gasteiger charge is 2.08. The first kappa shape index (κ1) is 10.4. The highest BCUT2D eigenvalue weighted by molar-refractivity contribution is 5.96. The predicted octanol–water partition coefficient (Wildman–Crippen LogP) is -1.14. The normalized spacial score (nSPS) is 9.79. The fraction of sp³-hybridized carbons (Fsp3) is 0.250. The maximum atomic E-state index is 11.4. The van der Waals surface area contributed by atoms with Crippen LogP contribution in [0.2, 0.25) is 0 Å². The van der Waals surface area contributed by atoms with Gasteiger partial charge in [-0.2, -0.15) is 0 Å². The molecule has 6 N–H and O–H groups in total. The van der Waals surface area contributed by atoms with Crippen LogP contribution >= 0.6 is 0 Å². The van der Waals surface area contributed by atoms with Crippen molar-refractivity contribution in [3.05, 3.63) is 24.0 Å². The molecule has 0 aromatic carbocycles. The second kappa shape index (κ2) is 5.15. The molecular weight excluding hydrogens is 182 g/mol. The van der Waals surface area contributed by atoms with Gasteiger partial charge < -0.3 is 11.5 Å². The monoisotopic (exact) mass is 195 g/mol. The van der Waals surface area contributed by atoms with Crippen LogP contribution in [0, 0.1) is 0 Å². The number of nitrogens with zero attached hydrogens (tertiary/aromatic N) is 1. The number of nitrogen functional groups attached to an aromatic ring is 1. The average Bonchev–Trinajstić information content (AvgIpc) is 2.18. The number of anilines is 1. The minimum atomic E-state index is -0.364. The van der Waals surface area contributed by atoms with Gasteiger partial charge in [0.05, 0.1) is 5.69 Å². The van der Waals surface area contributed by atoms with E-state index in [-0.39, 0.29) is 11.6 Å². The van der Waals surface area contributed by atoms with Gasteiger partial charge in [0.25, 0.3) is 5.91 Å². The van der Waals surface area contributed by atoms with Gasteiger partial charge in [-0.1, -0.05) is 0 Å². The molecule has 0 saturated heterocycles. The Labute approximate surface area is 81.7 Å². The molecule has 14 heavy (non-hydrogen) atoms. The van der Waals surface area contributed by atoms with Crippen LogP contribution < -0.4 is 22.3 Å². The van der Waals surface area contributed by atoms with Crippen molar-refractivity contribution < 1.29 is 4.79 Å². The van der Waals surface area contributed by atoms with Crippen molar-refractivity contribution in [1.29, 1.82) is 0 Å². The molecule has 0 fully saturated rings. The fourth-order valence-electron chi connectivity index (χ4n) is 0.882. The zero-order chi connectivity index (χ0) is 10.4. The smallest absolute Gasteiger partial charge is 0.286 e. The van der Waals surface area contributed by atoms with Crippen LogP contribution in [0.5, 0.6) is 0 Å². The van der Waals surface area contributed by atoms with E-state index in [4.69, 9.17) is 11.5 Å². The van der Waals surface area contributed by atoms with Gasteiger partial charge in [-0.25, -0.2) is 10.4 Å². The number of aromatic nitrogens is 1. The number of hydrazine groups is 1. The lowest BCUT2D eigenvalue weighted by molar-refractivity contribution is 0.0930. The van der Waals surface area contributed by atoms with Crippen molar-refractivity contribution in [1.82, 2.24) is 15.8 Å². The largest absolute Gasteiger partial charge is 0.397 e. The molecule has 0 aliphatic carbocycles. The summed E-state index contributed by atoms with van der Waals surface area (Å²) < 4.78 is 0. The van der Waals surface area contributed by atoms with E-state index in [2.05, 4.69) is 15.8 Å². The molecule has 76 valence electrons. The number of carbonyl (C=O) groups excluding carboxylic acids is 1. The van der Waals surface area contributed by atoms with E-state index >= 15 is 0 Å². The second-order valence-electron chi connectivity index (χ2n) is 2.61. The summed E-state index contributed by atoms with van der Waals surface area (Å²) in [5, 5.41) is 0. The molecule has 1 amide bonds. The summed E-state index contributed by atoms with van der Waals surface area (Å²) in [5.74, 6) is -0.364. The van der Waals surface area contributed by atoms with Crippen LogP contribution in [0.3, 0.4) is 0 Å². The van der Waals surface area contributed by atoms with Crippen LogP contribution in [0.4, 0.5) is 5.69 Å². The van der Waals surface area contributed by atoms with E-state index in [1.54, 1.807) is 12.1 Å². The van der Waals surface area contributed by atoms with Crippen LogP contribution in [0.25, 0.3) is 0 Å². The molecule has 0 bridgehead atoms.